The van der Waals surface area contributed by atoms with E-state index in [1.807, 2.05) is 0 Å². The van der Waals surface area contributed by atoms with Gasteiger partial charge in [-0.3, -0.25) is 0 Å². The first-order valence-corrected chi connectivity index (χ1v) is 5.12. The van der Waals surface area contributed by atoms with Gasteiger partial charge in [-0.15, -0.1) is 6.42 Å². The van der Waals surface area contributed by atoms with Crippen LogP contribution in [0.25, 0.3) is 11.0 Å². The molecule has 1 heterocycles. The number of hydrogen-bond donors (Lipinski definition) is 1. The molecule has 5 nitrogen and oxygen atoms in total. The van der Waals surface area contributed by atoms with Crippen molar-refractivity contribution in [1.29, 1.82) is 0 Å². The molecule has 0 saturated heterocycles. The van der Waals surface area contributed by atoms with E-state index in [0.717, 1.165) is 4.47 Å². The Kier molecular flexibility index (Phi) is 2.88. The molecule has 0 bridgehead atoms. The Balaban J connectivity index is 2.47. The highest BCUT2D eigenvalue weighted by Crippen LogP contribution is 2.21. The molecule has 16 heavy (non-hydrogen) atoms. The first-order chi connectivity index (χ1) is 7.72. The molecule has 0 unspecified atom stereocenters. The summed E-state index contributed by atoms with van der Waals surface area (Å²) in [6.07, 6.45) is 5.01. The molecule has 0 spiro atoms. The van der Waals surface area contributed by atoms with Gasteiger partial charge in [-0.2, -0.15) is 15.4 Å². The molecule has 0 aliphatic heterocycles. The molecule has 6 heteroatoms. The van der Waals surface area contributed by atoms with Crippen LogP contribution < -0.4 is 0 Å². The minimum atomic E-state index is -0.516. The molecule has 0 radical (unpaired) electrons. The average Bonchev–Trinajstić information content (AvgIpc) is 2.72. The fourth-order valence-corrected chi connectivity index (χ4v) is 1.70. The number of benzene rings is 1. The van der Waals surface area contributed by atoms with E-state index in [-0.39, 0.29) is 6.61 Å². The number of esters is 1. The first-order valence-electron chi connectivity index (χ1n) is 4.33. The molecule has 0 aliphatic rings. The predicted molar refractivity (Wildman–Crippen MR) is 60.7 cm³/mol. The van der Waals surface area contributed by atoms with Gasteiger partial charge in [-0.25, -0.2) is 4.79 Å². The number of nitrogens with zero attached hydrogens (tertiary/aromatic N) is 2. The van der Waals surface area contributed by atoms with Gasteiger partial charge in [0.2, 0.25) is 0 Å². The highest BCUT2D eigenvalue weighted by Gasteiger charge is 2.15. The number of aromatic nitrogens is 3. The Morgan fingerprint density at radius 1 is 1.56 bits per heavy atom. The smallest absolute Gasteiger partial charge is 0.341 e. The fraction of sp³-hybridized carbons (Fsp3) is 0.100. The van der Waals surface area contributed by atoms with Crippen LogP contribution in [0.4, 0.5) is 0 Å². The molecule has 1 N–H and O–H groups in total. The molecule has 0 fully saturated rings. The Morgan fingerprint density at radius 3 is 3.12 bits per heavy atom. The molecular weight excluding hydrogens is 274 g/mol. The number of terminal acetylenes is 1. The van der Waals surface area contributed by atoms with Gasteiger partial charge < -0.3 is 4.74 Å². The van der Waals surface area contributed by atoms with E-state index >= 15 is 0 Å². The van der Waals surface area contributed by atoms with Crippen molar-refractivity contribution in [3.63, 3.8) is 0 Å². The number of H-pyrrole nitrogens is 1. The monoisotopic (exact) mass is 279 g/mol. The molecule has 80 valence electrons. The van der Waals surface area contributed by atoms with Crippen LogP contribution in [0.5, 0.6) is 0 Å². The van der Waals surface area contributed by atoms with Crippen molar-refractivity contribution in [2.24, 2.45) is 0 Å². The van der Waals surface area contributed by atoms with Crippen molar-refractivity contribution in [3.05, 3.63) is 22.2 Å². The molecule has 1 aromatic carbocycles. The van der Waals surface area contributed by atoms with Gasteiger partial charge in [0.05, 0.1) is 5.56 Å². The summed E-state index contributed by atoms with van der Waals surface area (Å²) in [7, 11) is 0. The number of aromatic amines is 1. The Labute approximate surface area is 99.3 Å². The molecular formula is C10H6BrN3O2. The van der Waals surface area contributed by atoms with Crippen molar-refractivity contribution in [3.8, 4) is 12.3 Å². The molecule has 2 rings (SSSR count). The van der Waals surface area contributed by atoms with Crippen molar-refractivity contribution in [1.82, 2.24) is 15.4 Å². The normalized spacial score (nSPS) is 10.0. The van der Waals surface area contributed by atoms with E-state index in [4.69, 9.17) is 11.2 Å². The van der Waals surface area contributed by atoms with Gasteiger partial charge in [0, 0.05) is 4.47 Å². The standard InChI is InChI=1S/C10H6BrN3O2/c1-2-3-16-10(15)7-4-6(11)5-8-9(7)13-14-12-8/h1,4-5H,3H2,(H,12,13,14). The van der Waals surface area contributed by atoms with E-state index < -0.39 is 5.97 Å². The number of halogens is 1. The SMILES string of the molecule is C#CCOC(=O)c1cc(Br)cc2n[nH]nc12. The summed E-state index contributed by atoms with van der Waals surface area (Å²) in [5.74, 6) is 1.71. The zero-order valence-corrected chi connectivity index (χ0v) is 9.61. The average molecular weight is 280 g/mol. The number of carbonyl (C=O) groups excluding carboxylic acids is 1. The summed E-state index contributed by atoms with van der Waals surface area (Å²) in [4.78, 5) is 11.6. The second-order valence-corrected chi connectivity index (χ2v) is 3.84. The summed E-state index contributed by atoms with van der Waals surface area (Å²) in [6, 6.07) is 3.36. The number of ether oxygens (including phenoxy) is 1. The Bertz CT molecular complexity index is 585. The highest BCUT2D eigenvalue weighted by atomic mass is 79.9. The number of nitrogens with one attached hydrogen (secondary N) is 1. The van der Waals surface area contributed by atoms with Crippen molar-refractivity contribution >= 4 is 32.9 Å². The first kappa shape index (κ1) is 10.6. The molecule has 0 aliphatic carbocycles. The zero-order valence-electron chi connectivity index (χ0n) is 8.03. The van der Waals surface area contributed by atoms with Crippen molar-refractivity contribution < 1.29 is 9.53 Å². The number of rotatable bonds is 2. The van der Waals surface area contributed by atoms with Crippen LogP contribution in [0.2, 0.25) is 0 Å². The van der Waals surface area contributed by atoms with Crippen LogP contribution in [0, 0.1) is 12.3 Å². The maximum atomic E-state index is 11.6. The molecule has 0 atom stereocenters. The van der Waals surface area contributed by atoms with Crippen LogP contribution in [-0.4, -0.2) is 28.0 Å². The Morgan fingerprint density at radius 2 is 2.38 bits per heavy atom. The molecule has 0 amide bonds. The van der Waals surface area contributed by atoms with Crippen LogP contribution in [-0.2, 0) is 4.74 Å². The third-order valence-electron chi connectivity index (χ3n) is 1.89. The molecule has 1 aromatic heterocycles. The van der Waals surface area contributed by atoms with Gasteiger partial charge in [0.15, 0.2) is 6.61 Å². The fourth-order valence-electron chi connectivity index (χ4n) is 1.26. The van der Waals surface area contributed by atoms with E-state index in [9.17, 15) is 4.79 Å². The van der Waals surface area contributed by atoms with E-state index in [2.05, 4.69) is 37.3 Å². The number of fused-ring (bicyclic) bond motifs is 1. The summed E-state index contributed by atoms with van der Waals surface area (Å²) < 4.78 is 5.56. The lowest BCUT2D eigenvalue weighted by Gasteiger charge is -2.01. The van der Waals surface area contributed by atoms with Crippen LogP contribution in [0.1, 0.15) is 10.4 Å². The largest absolute Gasteiger partial charge is 0.449 e. The third-order valence-corrected chi connectivity index (χ3v) is 2.35. The van der Waals surface area contributed by atoms with Crippen molar-refractivity contribution in [2.45, 2.75) is 0 Å². The zero-order chi connectivity index (χ0) is 11.5. The number of hydrogen-bond acceptors (Lipinski definition) is 4. The lowest BCUT2D eigenvalue weighted by molar-refractivity contribution is 0.0558. The van der Waals surface area contributed by atoms with Gasteiger partial charge in [-0.05, 0) is 12.1 Å². The van der Waals surface area contributed by atoms with E-state index in [1.54, 1.807) is 12.1 Å². The van der Waals surface area contributed by atoms with Crippen LogP contribution in [0.3, 0.4) is 0 Å². The maximum absolute atomic E-state index is 11.6. The van der Waals surface area contributed by atoms with Crippen LogP contribution >= 0.6 is 15.9 Å². The van der Waals surface area contributed by atoms with Gasteiger partial charge in [0.1, 0.15) is 11.0 Å². The minimum Gasteiger partial charge on any atom is -0.449 e. The minimum absolute atomic E-state index is 0.0648. The van der Waals surface area contributed by atoms with Gasteiger partial charge in [-0.1, -0.05) is 21.9 Å². The molecule has 0 saturated carbocycles. The van der Waals surface area contributed by atoms with E-state index in [1.165, 1.54) is 0 Å². The topological polar surface area (TPSA) is 67.9 Å². The third kappa shape index (κ3) is 1.90. The van der Waals surface area contributed by atoms with Gasteiger partial charge in [0.25, 0.3) is 0 Å². The highest BCUT2D eigenvalue weighted by molar-refractivity contribution is 9.10. The summed E-state index contributed by atoms with van der Waals surface area (Å²) >= 11 is 3.27. The van der Waals surface area contributed by atoms with Crippen LogP contribution in [0.15, 0.2) is 16.6 Å². The lowest BCUT2D eigenvalue weighted by atomic mass is 10.2. The molecule has 2 aromatic rings. The summed E-state index contributed by atoms with van der Waals surface area (Å²) in [5, 5.41) is 10.2. The van der Waals surface area contributed by atoms with E-state index in [0.29, 0.717) is 16.6 Å². The Hall–Kier alpha value is -1.87. The maximum Gasteiger partial charge on any atom is 0.341 e. The summed E-state index contributed by atoms with van der Waals surface area (Å²) in [6.45, 7) is -0.0648. The lowest BCUT2D eigenvalue weighted by Crippen LogP contribution is -2.06. The quantitative estimate of drug-likeness (QED) is 0.668. The van der Waals surface area contributed by atoms with Gasteiger partial charge >= 0.3 is 5.97 Å². The summed E-state index contributed by atoms with van der Waals surface area (Å²) in [5.41, 5.74) is 1.38. The van der Waals surface area contributed by atoms with Crippen molar-refractivity contribution in [2.75, 3.05) is 6.61 Å². The second-order valence-electron chi connectivity index (χ2n) is 2.92. The second kappa shape index (κ2) is 4.33. The number of carbonyl (C=O) groups is 1. The predicted octanol–water partition coefficient (Wildman–Crippen LogP) is 1.51.